The summed E-state index contributed by atoms with van der Waals surface area (Å²) in [5, 5.41) is 0. The number of rotatable bonds is 2. The summed E-state index contributed by atoms with van der Waals surface area (Å²) < 4.78 is 0. The molecular formula is C9H19Cl2N. The molecule has 0 amide bonds. The van der Waals surface area contributed by atoms with Crippen LogP contribution in [-0.2, 0) is 0 Å². The Morgan fingerprint density at radius 1 is 1.17 bits per heavy atom. The summed E-state index contributed by atoms with van der Waals surface area (Å²) in [7, 11) is 4.34. The van der Waals surface area contributed by atoms with Crippen molar-refractivity contribution in [2.75, 3.05) is 20.0 Å². The lowest BCUT2D eigenvalue weighted by Gasteiger charge is -2.31. The molecule has 0 aliphatic heterocycles. The van der Waals surface area contributed by atoms with Gasteiger partial charge in [-0.15, -0.1) is 24.0 Å². The molecule has 0 spiro atoms. The van der Waals surface area contributed by atoms with E-state index in [0.29, 0.717) is 0 Å². The summed E-state index contributed by atoms with van der Waals surface area (Å²) in [6.45, 7) is 0. The summed E-state index contributed by atoms with van der Waals surface area (Å²) in [5.74, 6) is 1.66. The second-order valence-corrected chi connectivity index (χ2v) is 4.10. The minimum Gasteiger partial charge on any atom is -0.306 e. The number of hydrogen-bond donors (Lipinski definition) is 0. The van der Waals surface area contributed by atoms with E-state index < -0.39 is 0 Å². The van der Waals surface area contributed by atoms with Crippen LogP contribution in [0, 0.1) is 5.92 Å². The van der Waals surface area contributed by atoms with Crippen LogP contribution in [0.2, 0.25) is 0 Å². The number of alkyl halides is 1. The van der Waals surface area contributed by atoms with Gasteiger partial charge in [0.25, 0.3) is 0 Å². The molecule has 12 heavy (non-hydrogen) atoms. The Morgan fingerprint density at radius 3 is 2.00 bits per heavy atom. The van der Waals surface area contributed by atoms with Crippen molar-refractivity contribution in [3.63, 3.8) is 0 Å². The van der Waals surface area contributed by atoms with Gasteiger partial charge in [-0.05, 0) is 45.7 Å². The highest BCUT2D eigenvalue weighted by Crippen LogP contribution is 2.26. The fourth-order valence-electron chi connectivity index (χ4n) is 1.82. The predicted molar refractivity (Wildman–Crippen MR) is 57.4 cm³/mol. The van der Waals surface area contributed by atoms with Gasteiger partial charge in [0.1, 0.15) is 0 Å². The molecule has 74 valence electrons. The molecule has 1 nitrogen and oxygen atoms in total. The van der Waals surface area contributed by atoms with Crippen LogP contribution in [0.4, 0.5) is 0 Å². The third-order valence-electron chi connectivity index (χ3n) is 2.76. The summed E-state index contributed by atoms with van der Waals surface area (Å²) >= 11 is 5.79. The number of hydrogen-bond acceptors (Lipinski definition) is 1. The number of halogens is 2. The highest BCUT2D eigenvalue weighted by Gasteiger charge is 2.21. The van der Waals surface area contributed by atoms with Gasteiger partial charge in [-0.25, -0.2) is 0 Å². The van der Waals surface area contributed by atoms with Gasteiger partial charge in [-0.3, -0.25) is 0 Å². The maximum atomic E-state index is 5.79. The predicted octanol–water partition coefficient (Wildman–Crippen LogP) is 2.77. The Morgan fingerprint density at radius 2 is 1.67 bits per heavy atom. The first-order valence-corrected chi connectivity index (χ1v) is 5.00. The molecule has 0 radical (unpaired) electrons. The molecule has 0 N–H and O–H groups in total. The van der Waals surface area contributed by atoms with Crippen molar-refractivity contribution in [2.45, 2.75) is 31.7 Å². The van der Waals surface area contributed by atoms with E-state index in [2.05, 4.69) is 19.0 Å². The molecule has 0 bridgehead atoms. The van der Waals surface area contributed by atoms with Crippen LogP contribution in [0.25, 0.3) is 0 Å². The van der Waals surface area contributed by atoms with Crippen molar-refractivity contribution in [1.82, 2.24) is 4.90 Å². The zero-order chi connectivity index (χ0) is 8.27. The average molecular weight is 212 g/mol. The molecule has 1 rings (SSSR count). The van der Waals surface area contributed by atoms with Crippen molar-refractivity contribution in [3.8, 4) is 0 Å². The molecule has 3 heteroatoms. The maximum absolute atomic E-state index is 5.79. The molecule has 0 aromatic rings. The van der Waals surface area contributed by atoms with Crippen molar-refractivity contribution in [3.05, 3.63) is 0 Å². The normalized spacial score (nSPS) is 30.0. The standard InChI is InChI=1S/C9H18ClN.ClH/c1-11(2)9-5-3-8(7-10)4-6-9;/h8-9H,3-7H2,1-2H3;1H. The fraction of sp³-hybridized carbons (Fsp3) is 1.00. The molecule has 1 aliphatic rings. The van der Waals surface area contributed by atoms with Gasteiger partial charge in [0, 0.05) is 11.9 Å². The fourth-order valence-corrected chi connectivity index (χ4v) is 2.12. The molecule has 0 unspecified atom stereocenters. The highest BCUT2D eigenvalue weighted by molar-refractivity contribution is 6.18. The van der Waals surface area contributed by atoms with E-state index in [1.165, 1.54) is 25.7 Å². The lowest BCUT2D eigenvalue weighted by Crippen LogP contribution is -2.32. The van der Waals surface area contributed by atoms with Gasteiger partial charge in [0.2, 0.25) is 0 Å². The Balaban J connectivity index is 0.00000121. The van der Waals surface area contributed by atoms with Crippen LogP contribution in [-0.4, -0.2) is 30.9 Å². The molecule has 0 heterocycles. The molecule has 1 aliphatic carbocycles. The largest absolute Gasteiger partial charge is 0.306 e. The van der Waals surface area contributed by atoms with Gasteiger partial charge in [-0.2, -0.15) is 0 Å². The van der Waals surface area contributed by atoms with Crippen molar-refractivity contribution >= 4 is 24.0 Å². The maximum Gasteiger partial charge on any atom is 0.0251 e. The summed E-state index contributed by atoms with van der Waals surface area (Å²) in [5.41, 5.74) is 0. The lowest BCUT2D eigenvalue weighted by molar-refractivity contribution is 0.201. The zero-order valence-electron chi connectivity index (χ0n) is 7.92. The van der Waals surface area contributed by atoms with E-state index >= 15 is 0 Å². The van der Waals surface area contributed by atoms with Gasteiger partial charge in [0.05, 0.1) is 0 Å². The lowest BCUT2D eigenvalue weighted by atomic mass is 9.87. The molecular weight excluding hydrogens is 193 g/mol. The van der Waals surface area contributed by atoms with Crippen LogP contribution in [0.5, 0.6) is 0 Å². The third kappa shape index (κ3) is 3.51. The van der Waals surface area contributed by atoms with E-state index in [1.54, 1.807) is 0 Å². The van der Waals surface area contributed by atoms with Gasteiger partial charge < -0.3 is 4.90 Å². The van der Waals surface area contributed by atoms with Crippen LogP contribution in [0.3, 0.4) is 0 Å². The van der Waals surface area contributed by atoms with Crippen molar-refractivity contribution in [1.29, 1.82) is 0 Å². The summed E-state index contributed by atoms with van der Waals surface area (Å²) in [6, 6.07) is 0.814. The SMILES string of the molecule is CN(C)C1CCC(CCl)CC1.Cl. The van der Waals surface area contributed by atoms with Gasteiger partial charge >= 0.3 is 0 Å². The molecule has 0 saturated heterocycles. The van der Waals surface area contributed by atoms with Crippen LogP contribution < -0.4 is 0 Å². The number of nitrogens with zero attached hydrogens (tertiary/aromatic N) is 1. The minimum atomic E-state index is 0. The van der Waals surface area contributed by atoms with E-state index in [9.17, 15) is 0 Å². The zero-order valence-corrected chi connectivity index (χ0v) is 9.50. The second kappa shape index (κ2) is 6.06. The minimum absolute atomic E-state index is 0. The molecule has 0 aromatic carbocycles. The monoisotopic (exact) mass is 211 g/mol. The van der Waals surface area contributed by atoms with Crippen LogP contribution in [0.15, 0.2) is 0 Å². The van der Waals surface area contributed by atoms with E-state index in [0.717, 1.165) is 17.8 Å². The first kappa shape index (κ1) is 12.5. The van der Waals surface area contributed by atoms with Gasteiger partial charge in [0.15, 0.2) is 0 Å². The topological polar surface area (TPSA) is 3.24 Å². The molecule has 1 saturated carbocycles. The van der Waals surface area contributed by atoms with E-state index in [4.69, 9.17) is 11.6 Å². The Kier molecular flexibility index (Phi) is 6.34. The quantitative estimate of drug-likeness (QED) is 0.636. The van der Waals surface area contributed by atoms with Crippen LogP contribution >= 0.6 is 24.0 Å². The summed E-state index contributed by atoms with van der Waals surface area (Å²) in [6.07, 6.45) is 5.33. The van der Waals surface area contributed by atoms with Gasteiger partial charge in [-0.1, -0.05) is 0 Å². The van der Waals surface area contributed by atoms with E-state index in [1.807, 2.05) is 0 Å². The molecule has 0 aromatic heterocycles. The van der Waals surface area contributed by atoms with Crippen LogP contribution in [0.1, 0.15) is 25.7 Å². The Bertz CT molecular complexity index is 109. The highest BCUT2D eigenvalue weighted by atomic mass is 35.5. The second-order valence-electron chi connectivity index (χ2n) is 3.79. The first-order valence-electron chi connectivity index (χ1n) is 4.46. The smallest absolute Gasteiger partial charge is 0.0251 e. The van der Waals surface area contributed by atoms with E-state index in [-0.39, 0.29) is 12.4 Å². The Hall–Kier alpha value is 0.540. The molecule has 0 atom stereocenters. The molecule has 1 fully saturated rings. The first-order chi connectivity index (χ1) is 5.24. The van der Waals surface area contributed by atoms with Crippen molar-refractivity contribution < 1.29 is 0 Å². The summed E-state index contributed by atoms with van der Waals surface area (Å²) in [4.78, 5) is 2.34. The average Bonchev–Trinajstić information content (AvgIpc) is 2.05. The third-order valence-corrected chi connectivity index (χ3v) is 3.20. The Labute approximate surface area is 86.9 Å². The van der Waals surface area contributed by atoms with Crippen molar-refractivity contribution in [2.24, 2.45) is 5.92 Å².